The van der Waals surface area contributed by atoms with Crippen molar-refractivity contribution in [1.82, 2.24) is 4.72 Å². The summed E-state index contributed by atoms with van der Waals surface area (Å²) in [7, 11) is 1.20. The van der Waals surface area contributed by atoms with Crippen molar-refractivity contribution in [2.24, 2.45) is 0 Å². The first kappa shape index (κ1) is 18.8. The Morgan fingerprint density at radius 1 is 1.36 bits per heavy atom. The highest BCUT2D eigenvalue weighted by atomic mass is 32.2. The predicted octanol–water partition coefficient (Wildman–Crippen LogP) is 4.16. The number of ether oxygens (including phenoxy) is 1. The minimum absolute atomic E-state index is 0.0643. The van der Waals surface area contributed by atoms with Crippen molar-refractivity contribution < 1.29 is 27.1 Å². The molecule has 1 rings (SSSR count). The van der Waals surface area contributed by atoms with E-state index in [4.69, 9.17) is 0 Å². The summed E-state index contributed by atoms with van der Waals surface area (Å²) >= 11 is 1.52. The van der Waals surface area contributed by atoms with E-state index in [0.717, 1.165) is 11.9 Å². The van der Waals surface area contributed by atoms with Crippen molar-refractivity contribution in [1.29, 1.82) is 0 Å². The van der Waals surface area contributed by atoms with Gasteiger partial charge in [-0.1, -0.05) is 0 Å². The van der Waals surface area contributed by atoms with E-state index >= 15 is 0 Å². The summed E-state index contributed by atoms with van der Waals surface area (Å²) in [6.07, 6.45) is -4.95. The van der Waals surface area contributed by atoms with Gasteiger partial charge in [-0.2, -0.15) is 13.2 Å². The number of hydrogen-bond donors (Lipinski definition) is 2. The van der Waals surface area contributed by atoms with Crippen molar-refractivity contribution >= 4 is 35.5 Å². The molecule has 0 spiro atoms. The average molecular weight is 358 g/mol. The van der Waals surface area contributed by atoms with Crippen LogP contribution in [-0.4, -0.2) is 31.0 Å². The van der Waals surface area contributed by atoms with E-state index in [1.165, 1.54) is 19.2 Å². The van der Waals surface area contributed by atoms with Crippen LogP contribution in [0.2, 0.25) is 0 Å². The number of anilines is 1. The van der Waals surface area contributed by atoms with Crippen molar-refractivity contribution in [2.75, 3.05) is 24.1 Å². The van der Waals surface area contributed by atoms with Gasteiger partial charge in [0.15, 0.2) is 0 Å². The number of amides is 1. The van der Waals surface area contributed by atoms with Gasteiger partial charge in [0, 0.05) is 4.90 Å². The van der Waals surface area contributed by atoms with E-state index in [0.29, 0.717) is 22.2 Å². The van der Waals surface area contributed by atoms with Gasteiger partial charge in [0.1, 0.15) is 5.82 Å². The molecule has 0 heterocycles. The fourth-order valence-electron chi connectivity index (χ4n) is 1.35. The Morgan fingerprint density at radius 3 is 2.64 bits per heavy atom. The minimum Gasteiger partial charge on any atom is -0.452 e. The number of alkyl halides is 3. The number of benzene rings is 1. The molecule has 0 aliphatic heterocycles. The molecule has 10 heteroatoms. The van der Waals surface area contributed by atoms with E-state index < -0.39 is 23.8 Å². The Hall–Kier alpha value is -1.29. The summed E-state index contributed by atoms with van der Waals surface area (Å²) < 4.78 is 57.1. The van der Waals surface area contributed by atoms with Gasteiger partial charge in [0.25, 0.3) is 0 Å². The maximum atomic E-state index is 13.7. The highest BCUT2D eigenvalue weighted by Gasteiger charge is 2.27. The first-order valence-electron chi connectivity index (χ1n) is 5.92. The Balaban J connectivity index is 2.64. The molecule has 124 valence electrons. The molecule has 1 amide bonds. The molecule has 0 saturated carbocycles. The van der Waals surface area contributed by atoms with Crippen molar-refractivity contribution in [3.63, 3.8) is 0 Å². The normalized spacial score (nSPS) is 11.2. The van der Waals surface area contributed by atoms with Gasteiger partial charge in [0.05, 0.1) is 24.4 Å². The second-order valence-electron chi connectivity index (χ2n) is 4.06. The van der Waals surface area contributed by atoms with E-state index in [9.17, 15) is 22.4 Å². The third-order valence-corrected chi connectivity index (χ3v) is 4.15. The molecule has 0 unspecified atom stereocenters. The Bertz CT molecular complexity index is 527. The fraction of sp³-hybridized carbons (Fsp3) is 0.417. The molecule has 4 nitrogen and oxygen atoms in total. The van der Waals surface area contributed by atoms with Crippen LogP contribution in [0.5, 0.6) is 0 Å². The van der Waals surface area contributed by atoms with Gasteiger partial charge in [-0.3, -0.25) is 4.72 Å². The van der Waals surface area contributed by atoms with Crippen molar-refractivity contribution in [3.8, 4) is 0 Å². The first-order chi connectivity index (χ1) is 10.2. The smallest absolute Gasteiger partial charge is 0.416 e. The number of carbonyl (C=O) groups excluding carboxylic acids is 1. The summed E-state index contributed by atoms with van der Waals surface area (Å²) in [5.41, 5.74) is 0.493. The zero-order valence-electron chi connectivity index (χ0n) is 11.7. The lowest BCUT2D eigenvalue weighted by molar-refractivity contribution is -0.105. The van der Waals surface area contributed by atoms with Crippen LogP contribution >= 0.6 is 23.7 Å². The molecular weight excluding hydrogens is 344 g/mol. The van der Waals surface area contributed by atoms with Gasteiger partial charge in [-0.05, 0) is 36.6 Å². The van der Waals surface area contributed by atoms with Gasteiger partial charge < -0.3 is 10.1 Å². The van der Waals surface area contributed by atoms with Crippen molar-refractivity contribution in [3.05, 3.63) is 23.5 Å². The highest BCUT2D eigenvalue weighted by Crippen LogP contribution is 2.32. The lowest BCUT2D eigenvalue weighted by atomic mass is 10.2. The molecule has 0 fully saturated rings. The maximum Gasteiger partial charge on any atom is 0.416 e. The van der Waals surface area contributed by atoms with Crippen LogP contribution in [0.4, 0.5) is 28.0 Å². The van der Waals surface area contributed by atoms with Crippen LogP contribution < -0.4 is 10.0 Å². The molecule has 0 atom stereocenters. The van der Waals surface area contributed by atoms with E-state index in [2.05, 4.69) is 14.8 Å². The molecule has 1 aromatic rings. The molecular formula is C12H14F4N2O2S2. The fourth-order valence-corrected chi connectivity index (χ4v) is 2.66. The molecule has 1 aromatic carbocycles. The number of rotatable bonds is 6. The zero-order valence-corrected chi connectivity index (χ0v) is 13.3. The van der Waals surface area contributed by atoms with E-state index in [-0.39, 0.29) is 11.6 Å². The summed E-state index contributed by atoms with van der Waals surface area (Å²) in [4.78, 5) is 11.1. The lowest BCUT2D eigenvalue weighted by Gasteiger charge is -2.13. The second-order valence-corrected chi connectivity index (χ2v) is 5.86. The third-order valence-electron chi connectivity index (χ3n) is 2.33. The molecule has 0 aliphatic carbocycles. The van der Waals surface area contributed by atoms with E-state index in [1.54, 1.807) is 6.92 Å². The number of methoxy groups -OCH3 is 1. The molecule has 0 aliphatic rings. The third kappa shape index (κ3) is 6.65. The van der Waals surface area contributed by atoms with E-state index in [1.807, 2.05) is 0 Å². The Morgan fingerprint density at radius 2 is 2.05 bits per heavy atom. The molecule has 0 saturated heterocycles. The van der Waals surface area contributed by atoms with Crippen LogP contribution in [0.1, 0.15) is 5.56 Å². The monoisotopic (exact) mass is 358 g/mol. The maximum absolute atomic E-state index is 13.7. The number of thioether (sulfide) groups is 1. The summed E-state index contributed by atoms with van der Waals surface area (Å²) in [5, 5.41) is 2.68. The number of hydrogen-bond acceptors (Lipinski definition) is 5. The van der Waals surface area contributed by atoms with Gasteiger partial charge in [0.2, 0.25) is 0 Å². The molecule has 2 N–H and O–H groups in total. The minimum atomic E-state index is -4.29. The quantitative estimate of drug-likeness (QED) is 0.263. The summed E-state index contributed by atoms with van der Waals surface area (Å²) in [6, 6.07) is 2.49. The van der Waals surface area contributed by atoms with Gasteiger partial charge >= 0.3 is 12.3 Å². The zero-order chi connectivity index (χ0) is 16.8. The molecule has 0 aromatic heterocycles. The van der Waals surface area contributed by atoms with Crippen LogP contribution in [0.3, 0.4) is 0 Å². The van der Waals surface area contributed by atoms with Gasteiger partial charge in [-0.15, -0.1) is 11.8 Å². The average Bonchev–Trinajstić information content (AvgIpc) is 2.42. The SMILES string of the molecule is COC(=O)NSCNc1cc(SCC(F)(F)F)c(C)cc1F. The summed E-state index contributed by atoms with van der Waals surface area (Å²) in [5.74, 6) is -1.50. The second kappa shape index (κ2) is 8.37. The number of carbonyl (C=O) groups is 1. The molecule has 0 bridgehead atoms. The number of nitrogens with one attached hydrogen (secondary N) is 2. The topological polar surface area (TPSA) is 50.4 Å². The Kier molecular flexibility index (Phi) is 7.14. The number of aryl methyl sites for hydroxylation is 1. The first-order valence-corrected chi connectivity index (χ1v) is 7.89. The van der Waals surface area contributed by atoms with Crippen LogP contribution in [0, 0.1) is 12.7 Å². The largest absolute Gasteiger partial charge is 0.452 e. The summed E-state index contributed by atoms with van der Waals surface area (Å²) in [6.45, 7) is 1.54. The van der Waals surface area contributed by atoms with Gasteiger partial charge in [-0.25, -0.2) is 9.18 Å². The standard InChI is InChI=1S/C12H14F4N2O2S2/c1-7-3-8(13)9(17-6-22-18-11(19)20-2)4-10(7)21-5-12(14,15)16/h3-4,17H,5-6H2,1-2H3,(H,18,19). The predicted molar refractivity (Wildman–Crippen MR) is 79.5 cm³/mol. The Labute approximate surface area is 133 Å². The van der Waals surface area contributed by atoms with Crippen LogP contribution in [0.15, 0.2) is 17.0 Å². The van der Waals surface area contributed by atoms with Crippen LogP contribution in [-0.2, 0) is 4.74 Å². The van der Waals surface area contributed by atoms with Crippen LogP contribution in [0.25, 0.3) is 0 Å². The molecule has 0 radical (unpaired) electrons. The highest BCUT2D eigenvalue weighted by molar-refractivity contribution is 7.99. The van der Waals surface area contributed by atoms with Crippen molar-refractivity contribution in [2.45, 2.75) is 18.0 Å². The molecule has 22 heavy (non-hydrogen) atoms. The lowest BCUT2D eigenvalue weighted by Crippen LogP contribution is -2.17. The number of halogens is 4.